The molecule has 1 saturated heterocycles. The number of sulfonamides is 1. The molecule has 0 aliphatic carbocycles. The molecule has 1 N–H and O–H groups in total. The van der Waals surface area contributed by atoms with Crippen molar-refractivity contribution in [1.29, 1.82) is 0 Å². The van der Waals surface area contributed by atoms with Crippen molar-refractivity contribution in [2.75, 3.05) is 26.7 Å². The highest BCUT2D eigenvalue weighted by molar-refractivity contribution is 7.89. The van der Waals surface area contributed by atoms with Gasteiger partial charge < -0.3 is 4.74 Å². The fourth-order valence-electron chi connectivity index (χ4n) is 3.45. The van der Waals surface area contributed by atoms with Gasteiger partial charge in [0, 0.05) is 13.1 Å². The molecule has 1 aliphatic heterocycles. The summed E-state index contributed by atoms with van der Waals surface area (Å²) < 4.78 is 33.7. The lowest BCUT2D eigenvalue weighted by atomic mass is 9.97. The number of nitrogens with zero attached hydrogens (tertiary/aromatic N) is 1. The van der Waals surface area contributed by atoms with Crippen LogP contribution in [0.25, 0.3) is 0 Å². The molecule has 0 radical (unpaired) electrons. The minimum Gasteiger partial charge on any atom is -0.495 e. The van der Waals surface area contributed by atoms with Crippen LogP contribution in [0.15, 0.2) is 39.9 Å². The second kappa shape index (κ2) is 9.19. The third-order valence-electron chi connectivity index (χ3n) is 5.18. The first kappa shape index (κ1) is 20.3. The highest BCUT2D eigenvalue weighted by Gasteiger charge is 2.24. The number of hydrogen-bond donors (Lipinski definition) is 1. The molecule has 2 aromatic rings. The first-order valence-corrected chi connectivity index (χ1v) is 11.8. The van der Waals surface area contributed by atoms with Gasteiger partial charge >= 0.3 is 0 Å². The Balaban J connectivity index is 1.55. The molecule has 5 nitrogen and oxygen atoms in total. The van der Waals surface area contributed by atoms with E-state index in [0.717, 1.165) is 44.5 Å². The summed E-state index contributed by atoms with van der Waals surface area (Å²) in [6.07, 6.45) is 2.81. The van der Waals surface area contributed by atoms with E-state index in [-0.39, 0.29) is 4.90 Å². The maximum absolute atomic E-state index is 12.8. The maximum Gasteiger partial charge on any atom is 0.244 e. The van der Waals surface area contributed by atoms with Crippen LogP contribution in [0.1, 0.15) is 30.9 Å². The van der Waals surface area contributed by atoms with Crippen molar-refractivity contribution in [2.24, 2.45) is 5.92 Å². The van der Waals surface area contributed by atoms with Crippen molar-refractivity contribution in [3.05, 3.63) is 46.2 Å². The Morgan fingerprint density at radius 2 is 2.00 bits per heavy atom. The van der Waals surface area contributed by atoms with Gasteiger partial charge in [-0.2, -0.15) is 11.3 Å². The molecule has 3 rings (SSSR count). The molecule has 0 atom stereocenters. The summed E-state index contributed by atoms with van der Waals surface area (Å²) in [5.41, 5.74) is 2.35. The van der Waals surface area contributed by atoms with E-state index in [4.69, 9.17) is 4.74 Å². The smallest absolute Gasteiger partial charge is 0.244 e. The van der Waals surface area contributed by atoms with Gasteiger partial charge in [0.15, 0.2) is 0 Å². The predicted octanol–water partition coefficient (Wildman–Crippen LogP) is 3.51. The third-order valence-corrected chi connectivity index (χ3v) is 7.36. The van der Waals surface area contributed by atoms with Crippen LogP contribution in [-0.4, -0.2) is 40.1 Å². The molecule has 0 amide bonds. The number of nitrogens with one attached hydrogen (secondary N) is 1. The molecule has 1 aliphatic rings. The fourth-order valence-corrected chi connectivity index (χ4v) is 5.44. The zero-order valence-corrected chi connectivity index (χ0v) is 17.6. The Morgan fingerprint density at radius 1 is 1.22 bits per heavy atom. The molecule has 2 heterocycles. The van der Waals surface area contributed by atoms with Gasteiger partial charge in [-0.3, -0.25) is 4.90 Å². The van der Waals surface area contributed by atoms with Crippen LogP contribution in [0.2, 0.25) is 0 Å². The highest BCUT2D eigenvalue weighted by Crippen LogP contribution is 2.26. The Hall–Kier alpha value is -1.41. The van der Waals surface area contributed by atoms with Crippen molar-refractivity contribution in [3.63, 3.8) is 0 Å². The van der Waals surface area contributed by atoms with E-state index in [1.807, 2.05) is 13.0 Å². The lowest BCUT2D eigenvalue weighted by Gasteiger charge is -2.31. The minimum absolute atomic E-state index is 0.235. The lowest BCUT2D eigenvalue weighted by Crippen LogP contribution is -2.38. The summed E-state index contributed by atoms with van der Waals surface area (Å²) in [5.74, 6) is 0.768. The second-order valence-electron chi connectivity index (χ2n) is 7.04. The predicted molar refractivity (Wildman–Crippen MR) is 110 cm³/mol. The van der Waals surface area contributed by atoms with E-state index >= 15 is 0 Å². The van der Waals surface area contributed by atoms with E-state index in [2.05, 4.69) is 26.4 Å². The molecule has 1 fully saturated rings. The van der Waals surface area contributed by atoms with Crippen LogP contribution >= 0.6 is 11.3 Å². The van der Waals surface area contributed by atoms with Gasteiger partial charge in [-0.25, -0.2) is 13.1 Å². The molecule has 1 aromatic carbocycles. The molecule has 148 valence electrons. The topological polar surface area (TPSA) is 58.6 Å². The van der Waals surface area contributed by atoms with Crippen molar-refractivity contribution in [2.45, 2.75) is 37.6 Å². The van der Waals surface area contributed by atoms with Crippen molar-refractivity contribution in [3.8, 4) is 5.75 Å². The summed E-state index contributed by atoms with van der Waals surface area (Å²) in [7, 11) is -2.07. The van der Waals surface area contributed by atoms with Crippen LogP contribution in [0.4, 0.5) is 0 Å². The molecular weight excluding hydrogens is 380 g/mol. The van der Waals surface area contributed by atoms with Crippen molar-refractivity contribution in [1.82, 2.24) is 9.62 Å². The van der Waals surface area contributed by atoms with E-state index in [1.54, 1.807) is 23.5 Å². The summed E-state index contributed by atoms with van der Waals surface area (Å²) >= 11 is 1.73. The second-order valence-corrected chi connectivity index (χ2v) is 9.56. The molecule has 7 heteroatoms. The number of likely N-dealkylation sites (tertiary alicyclic amines) is 1. The average Bonchev–Trinajstić information content (AvgIpc) is 3.20. The number of rotatable bonds is 8. The zero-order valence-electron chi connectivity index (χ0n) is 16.0. The molecular formula is C20H28N2O3S2. The van der Waals surface area contributed by atoms with Crippen molar-refractivity contribution >= 4 is 21.4 Å². The first-order valence-electron chi connectivity index (χ1n) is 9.42. The Bertz CT molecular complexity index is 827. The van der Waals surface area contributed by atoms with E-state index < -0.39 is 10.0 Å². The Morgan fingerprint density at radius 3 is 2.63 bits per heavy atom. The lowest BCUT2D eigenvalue weighted by molar-refractivity contribution is 0.178. The Labute approximate surface area is 166 Å². The largest absolute Gasteiger partial charge is 0.495 e. The van der Waals surface area contributed by atoms with Crippen LogP contribution in [0.5, 0.6) is 5.75 Å². The normalized spacial score (nSPS) is 16.5. The van der Waals surface area contributed by atoms with Gasteiger partial charge in [0.2, 0.25) is 10.0 Å². The van der Waals surface area contributed by atoms with Crippen LogP contribution < -0.4 is 9.46 Å². The van der Waals surface area contributed by atoms with Crippen LogP contribution in [0.3, 0.4) is 0 Å². The van der Waals surface area contributed by atoms with Gasteiger partial charge in [0.25, 0.3) is 0 Å². The van der Waals surface area contributed by atoms with Gasteiger partial charge in [-0.1, -0.05) is 13.0 Å². The number of hydrogen-bond acceptors (Lipinski definition) is 5. The van der Waals surface area contributed by atoms with Gasteiger partial charge in [0.1, 0.15) is 10.6 Å². The van der Waals surface area contributed by atoms with E-state index in [9.17, 15) is 8.42 Å². The first-order chi connectivity index (χ1) is 13.0. The quantitative estimate of drug-likeness (QED) is 0.726. The van der Waals surface area contributed by atoms with E-state index in [0.29, 0.717) is 18.2 Å². The zero-order chi connectivity index (χ0) is 19.3. The Kier molecular flexibility index (Phi) is 6.92. The number of methoxy groups -OCH3 is 1. The minimum atomic E-state index is -3.58. The van der Waals surface area contributed by atoms with Gasteiger partial charge in [0.05, 0.1) is 7.11 Å². The maximum atomic E-state index is 12.8. The summed E-state index contributed by atoms with van der Waals surface area (Å²) in [6, 6.07) is 7.52. The van der Waals surface area contributed by atoms with Crippen molar-refractivity contribution < 1.29 is 13.2 Å². The highest BCUT2D eigenvalue weighted by atomic mass is 32.2. The average molecular weight is 409 g/mol. The van der Waals surface area contributed by atoms with Gasteiger partial charge in [-0.05, 0) is 78.4 Å². The SMILES string of the molecule is CCc1ccc(OC)c(S(=O)(=O)NCC2CCN(Cc3ccsc3)CC2)c1. The number of benzene rings is 1. The molecule has 27 heavy (non-hydrogen) atoms. The molecule has 0 bridgehead atoms. The number of thiophene rings is 1. The standard InChI is InChI=1S/C20H28N2O3S2/c1-3-16-4-5-19(25-2)20(12-16)27(23,24)21-13-17-6-9-22(10-7-17)14-18-8-11-26-15-18/h4-5,8,11-12,15,17,21H,3,6-7,9-10,13-14H2,1-2H3. The third kappa shape index (κ3) is 5.31. The number of aryl methyl sites for hydroxylation is 1. The van der Waals surface area contributed by atoms with E-state index in [1.165, 1.54) is 12.7 Å². The summed E-state index contributed by atoms with van der Waals surface area (Å²) in [6.45, 7) is 5.50. The van der Waals surface area contributed by atoms with Gasteiger partial charge in [-0.15, -0.1) is 0 Å². The summed E-state index contributed by atoms with van der Waals surface area (Å²) in [5, 5.41) is 4.30. The molecule has 0 saturated carbocycles. The molecule has 0 spiro atoms. The van der Waals surface area contributed by atoms with Crippen LogP contribution in [0, 0.1) is 5.92 Å². The fraction of sp³-hybridized carbons (Fsp3) is 0.500. The monoisotopic (exact) mass is 408 g/mol. The number of ether oxygens (including phenoxy) is 1. The van der Waals surface area contributed by atoms with Crippen LogP contribution in [-0.2, 0) is 23.0 Å². The molecule has 0 unspecified atom stereocenters. The summed E-state index contributed by atoms with van der Waals surface area (Å²) in [4.78, 5) is 2.68. The number of piperidine rings is 1. The molecule has 1 aromatic heterocycles.